The van der Waals surface area contributed by atoms with Gasteiger partial charge in [0.1, 0.15) is 0 Å². The molecule has 0 aromatic rings. The third-order valence-electron chi connectivity index (χ3n) is 2.02. The lowest BCUT2D eigenvalue weighted by Gasteiger charge is -2.38. The first-order valence-corrected chi connectivity index (χ1v) is 4.65. The number of hydrogen-bond acceptors (Lipinski definition) is 3. The number of rotatable bonds is 0. The van der Waals surface area contributed by atoms with Crippen LogP contribution in [0.4, 0.5) is 9.59 Å². The van der Waals surface area contributed by atoms with Gasteiger partial charge in [-0.25, -0.2) is 9.59 Å². The van der Waals surface area contributed by atoms with E-state index in [-0.39, 0.29) is 6.03 Å². The van der Waals surface area contributed by atoms with Crippen LogP contribution in [-0.4, -0.2) is 34.3 Å². The Morgan fingerprint density at radius 3 is 3.08 bits per heavy atom. The Labute approximate surface area is 73.9 Å². The SMILES string of the molecule is C[C@]12NC(=O)NC(=O)N1CCS2. The van der Waals surface area contributed by atoms with Crippen LogP contribution in [0.15, 0.2) is 0 Å². The van der Waals surface area contributed by atoms with E-state index in [1.807, 2.05) is 6.92 Å². The van der Waals surface area contributed by atoms with Gasteiger partial charge in [0.05, 0.1) is 0 Å². The molecule has 0 aromatic heterocycles. The zero-order valence-corrected chi connectivity index (χ0v) is 7.40. The van der Waals surface area contributed by atoms with Gasteiger partial charge in [-0.05, 0) is 6.92 Å². The first-order valence-electron chi connectivity index (χ1n) is 3.66. The van der Waals surface area contributed by atoms with Gasteiger partial charge in [-0.15, -0.1) is 11.8 Å². The summed E-state index contributed by atoms with van der Waals surface area (Å²) in [6.45, 7) is 2.52. The van der Waals surface area contributed by atoms with Crippen LogP contribution < -0.4 is 10.6 Å². The normalized spacial score (nSPS) is 34.2. The number of amides is 4. The molecule has 0 unspecified atom stereocenters. The number of thioether (sulfide) groups is 1. The molecule has 66 valence electrons. The number of nitrogens with one attached hydrogen (secondary N) is 2. The Morgan fingerprint density at radius 2 is 2.33 bits per heavy atom. The van der Waals surface area contributed by atoms with E-state index < -0.39 is 11.0 Å². The molecule has 2 aliphatic heterocycles. The standard InChI is InChI=1S/C6H9N3O2S/c1-6-8-4(10)7-5(11)9(6)2-3-12-6/h2-3H2,1H3,(H2,7,8,10,11)/t6-/m0/s1. The molecule has 4 amide bonds. The molecule has 0 spiro atoms. The van der Waals surface area contributed by atoms with Gasteiger partial charge in [0.15, 0.2) is 4.99 Å². The van der Waals surface area contributed by atoms with Gasteiger partial charge >= 0.3 is 12.1 Å². The summed E-state index contributed by atoms with van der Waals surface area (Å²) in [5.41, 5.74) is 0. The topological polar surface area (TPSA) is 61.4 Å². The highest BCUT2D eigenvalue weighted by Gasteiger charge is 2.45. The monoisotopic (exact) mass is 187 g/mol. The molecule has 6 heteroatoms. The fraction of sp³-hybridized carbons (Fsp3) is 0.667. The second kappa shape index (κ2) is 2.29. The number of nitrogens with zero attached hydrogens (tertiary/aromatic N) is 1. The maximum Gasteiger partial charge on any atom is 0.328 e. The lowest BCUT2D eigenvalue weighted by atomic mass is 10.4. The van der Waals surface area contributed by atoms with Crippen LogP contribution in [-0.2, 0) is 0 Å². The molecule has 0 saturated carbocycles. The highest BCUT2D eigenvalue weighted by Crippen LogP contribution is 2.34. The molecule has 2 aliphatic rings. The summed E-state index contributed by atoms with van der Waals surface area (Å²) in [5, 5.41) is 4.90. The van der Waals surface area contributed by atoms with E-state index >= 15 is 0 Å². The minimum atomic E-state index is -0.528. The van der Waals surface area contributed by atoms with E-state index in [1.165, 1.54) is 0 Å². The lowest BCUT2D eigenvalue weighted by molar-refractivity contribution is 0.148. The van der Waals surface area contributed by atoms with E-state index in [9.17, 15) is 9.59 Å². The number of carbonyl (C=O) groups is 2. The van der Waals surface area contributed by atoms with Gasteiger partial charge in [-0.2, -0.15) is 0 Å². The van der Waals surface area contributed by atoms with Crippen molar-refractivity contribution in [1.82, 2.24) is 15.5 Å². The Kier molecular flexibility index (Phi) is 1.47. The Bertz CT molecular complexity index is 257. The summed E-state index contributed by atoms with van der Waals surface area (Å²) in [4.78, 5) is 23.3. The quantitative estimate of drug-likeness (QED) is 0.567. The molecule has 2 fully saturated rings. The van der Waals surface area contributed by atoms with Crippen LogP contribution in [0.2, 0.25) is 0 Å². The Morgan fingerprint density at radius 1 is 1.58 bits per heavy atom. The summed E-state index contributed by atoms with van der Waals surface area (Å²) in [5.74, 6) is 0.865. The molecule has 0 bridgehead atoms. The van der Waals surface area contributed by atoms with Crippen LogP contribution in [0.5, 0.6) is 0 Å². The molecule has 0 aromatic carbocycles. The van der Waals surface area contributed by atoms with Crippen LogP contribution in [0.25, 0.3) is 0 Å². The molecular weight excluding hydrogens is 178 g/mol. The van der Waals surface area contributed by atoms with Crippen molar-refractivity contribution in [3.05, 3.63) is 0 Å². The minimum Gasteiger partial charge on any atom is -0.306 e. The van der Waals surface area contributed by atoms with Gasteiger partial charge in [-0.3, -0.25) is 10.2 Å². The lowest BCUT2D eigenvalue weighted by Crippen LogP contribution is -2.66. The largest absolute Gasteiger partial charge is 0.328 e. The smallest absolute Gasteiger partial charge is 0.306 e. The van der Waals surface area contributed by atoms with Crippen LogP contribution in [0.3, 0.4) is 0 Å². The van der Waals surface area contributed by atoms with E-state index in [0.29, 0.717) is 6.54 Å². The number of carbonyl (C=O) groups excluding carboxylic acids is 2. The van der Waals surface area contributed by atoms with Gasteiger partial charge in [0, 0.05) is 12.3 Å². The van der Waals surface area contributed by atoms with Gasteiger partial charge < -0.3 is 5.32 Å². The predicted molar refractivity (Wildman–Crippen MR) is 44.6 cm³/mol. The second-order valence-electron chi connectivity index (χ2n) is 2.87. The molecule has 12 heavy (non-hydrogen) atoms. The fourth-order valence-electron chi connectivity index (χ4n) is 1.43. The van der Waals surface area contributed by atoms with E-state index in [4.69, 9.17) is 0 Å². The number of hydrogen-bond donors (Lipinski definition) is 2. The van der Waals surface area contributed by atoms with Crippen LogP contribution in [0.1, 0.15) is 6.92 Å². The average molecular weight is 187 g/mol. The fourth-order valence-corrected chi connectivity index (χ4v) is 2.60. The van der Waals surface area contributed by atoms with Crippen molar-refractivity contribution in [1.29, 1.82) is 0 Å². The summed E-state index contributed by atoms with van der Waals surface area (Å²) >= 11 is 1.57. The second-order valence-corrected chi connectivity index (χ2v) is 4.36. The average Bonchev–Trinajstić information content (AvgIpc) is 2.29. The van der Waals surface area contributed by atoms with E-state index in [2.05, 4.69) is 10.6 Å². The maximum absolute atomic E-state index is 11.2. The van der Waals surface area contributed by atoms with Crippen molar-refractivity contribution >= 4 is 23.8 Å². The molecular formula is C6H9N3O2S. The zero-order chi connectivity index (χ0) is 8.77. The first-order chi connectivity index (χ1) is 5.62. The third-order valence-corrected chi connectivity index (χ3v) is 3.30. The van der Waals surface area contributed by atoms with E-state index in [1.54, 1.807) is 16.7 Å². The Hall–Kier alpha value is -0.910. The predicted octanol–water partition coefficient (Wildman–Crippen LogP) is 0.142. The summed E-state index contributed by atoms with van der Waals surface area (Å²) in [6.07, 6.45) is 0. The highest BCUT2D eigenvalue weighted by molar-refractivity contribution is 8.00. The van der Waals surface area contributed by atoms with Gasteiger partial charge in [0.25, 0.3) is 0 Å². The summed E-state index contributed by atoms with van der Waals surface area (Å²) in [6, 6.07) is -0.709. The highest BCUT2D eigenvalue weighted by atomic mass is 32.2. The summed E-state index contributed by atoms with van der Waals surface area (Å²) in [7, 11) is 0. The van der Waals surface area contributed by atoms with Crippen molar-refractivity contribution in [2.75, 3.05) is 12.3 Å². The third kappa shape index (κ3) is 0.945. The number of urea groups is 2. The van der Waals surface area contributed by atoms with Crippen molar-refractivity contribution in [2.45, 2.75) is 11.9 Å². The molecule has 2 heterocycles. The number of fused-ring (bicyclic) bond motifs is 1. The molecule has 0 aliphatic carbocycles. The van der Waals surface area contributed by atoms with Gasteiger partial charge in [0.2, 0.25) is 0 Å². The molecule has 5 nitrogen and oxygen atoms in total. The minimum absolute atomic E-state index is 0.300. The van der Waals surface area contributed by atoms with Crippen LogP contribution >= 0.6 is 11.8 Å². The maximum atomic E-state index is 11.2. The van der Waals surface area contributed by atoms with Crippen molar-refractivity contribution in [3.63, 3.8) is 0 Å². The summed E-state index contributed by atoms with van der Waals surface area (Å²) < 4.78 is 0. The van der Waals surface area contributed by atoms with Gasteiger partial charge in [-0.1, -0.05) is 0 Å². The molecule has 2 N–H and O–H groups in total. The molecule has 0 radical (unpaired) electrons. The van der Waals surface area contributed by atoms with Crippen molar-refractivity contribution in [2.24, 2.45) is 0 Å². The van der Waals surface area contributed by atoms with Crippen molar-refractivity contribution < 1.29 is 9.59 Å². The van der Waals surface area contributed by atoms with E-state index in [0.717, 1.165) is 5.75 Å². The molecule has 2 rings (SSSR count). The van der Waals surface area contributed by atoms with Crippen molar-refractivity contribution in [3.8, 4) is 0 Å². The number of imide groups is 1. The molecule has 2 saturated heterocycles. The van der Waals surface area contributed by atoms with Crippen LogP contribution in [0, 0.1) is 0 Å². The zero-order valence-electron chi connectivity index (χ0n) is 6.59. The molecule has 1 atom stereocenters. The Balaban J connectivity index is 2.28. The first kappa shape index (κ1) is 7.72.